The van der Waals surface area contributed by atoms with Gasteiger partial charge in [-0.2, -0.15) is 0 Å². The van der Waals surface area contributed by atoms with Crippen LogP contribution in [0.1, 0.15) is 24.5 Å². The van der Waals surface area contributed by atoms with E-state index in [-0.39, 0.29) is 11.9 Å². The van der Waals surface area contributed by atoms with Crippen LogP contribution >= 0.6 is 15.9 Å². The molecule has 20 heavy (non-hydrogen) atoms. The van der Waals surface area contributed by atoms with Crippen LogP contribution in [0, 0.1) is 5.92 Å². The quantitative estimate of drug-likeness (QED) is 0.886. The summed E-state index contributed by atoms with van der Waals surface area (Å²) in [6, 6.07) is 4.06. The smallest absolute Gasteiger partial charge is 0.237 e. The van der Waals surface area contributed by atoms with Crippen molar-refractivity contribution in [1.29, 1.82) is 0 Å². The molecule has 4 nitrogen and oxygen atoms in total. The molecular formula is C15H19BrN2O2. The molecular weight excluding hydrogens is 320 g/mol. The average molecular weight is 339 g/mol. The Balaban J connectivity index is 1.68. The van der Waals surface area contributed by atoms with Crippen LogP contribution in [0.5, 0.6) is 5.75 Å². The lowest BCUT2D eigenvalue weighted by molar-refractivity contribution is -0.123. The summed E-state index contributed by atoms with van der Waals surface area (Å²) in [5, 5.41) is 6.28. The highest BCUT2D eigenvalue weighted by atomic mass is 79.9. The Morgan fingerprint density at radius 1 is 1.55 bits per heavy atom. The maximum atomic E-state index is 12.2. The van der Waals surface area contributed by atoms with Gasteiger partial charge in [0.15, 0.2) is 0 Å². The molecule has 1 aromatic carbocycles. The van der Waals surface area contributed by atoms with E-state index in [1.54, 1.807) is 0 Å². The molecule has 2 unspecified atom stereocenters. The van der Waals surface area contributed by atoms with Gasteiger partial charge in [0.2, 0.25) is 5.91 Å². The molecule has 108 valence electrons. The second kappa shape index (κ2) is 5.74. The fourth-order valence-corrected chi connectivity index (χ4v) is 3.51. The zero-order valence-corrected chi connectivity index (χ0v) is 13.1. The number of amides is 1. The molecule has 1 fully saturated rings. The largest absolute Gasteiger partial charge is 0.493 e. The molecule has 2 aliphatic heterocycles. The first kappa shape index (κ1) is 13.9. The van der Waals surface area contributed by atoms with Gasteiger partial charge in [-0.3, -0.25) is 4.79 Å². The van der Waals surface area contributed by atoms with Crippen molar-refractivity contribution in [1.82, 2.24) is 10.6 Å². The Morgan fingerprint density at radius 2 is 2.40 bits per heavy atom. The number of hydrogen-bond donors (Lipinski definition) is 2. The minimum Gasteiger partial charge on any atom is -0.493 e. The third-order valence-corrected chi connectivity index (χ3v) is 4.55. The van der Waals surface area contributed by atoms with E-state index in [0.29, 0.717) is 12.5 Å². The van der Waals surface area contributed by atoms with Crippen LogP contribution in [0.2, 0.25) is 0 Å². The standard InChI is InChI=1S/C15H19BrN2O2/c1-9-2-4-17-13(9)15(19)18-8-11-7-12(16)6-10-3-5-20-14(10)11/h6-7,9,13,17H,2-5,8H2,1H3,(H,18,19). The van der Waals surface area contributed by atoms with Crippen molar-refractivity contribution in [3.05, 3.63) is 27.7 Å². The third kappa shape index (κ3) is 2.69. The number of hydrogen-bond acceptors (Lipinski definition) is 3. The zero-order chi connectivity index (χ0) is 14.1. The minimum absolute atomic E-state index is 0.0591. The average Bonchev–Trinajstić information content (AvgIpc) is 3.03. The first-order chi connectivity index (χ1) is 9.65. The SMILES string of the molecule is CC1CCNC1C(=O)NCc1cc(Br)cc2c1OCC2. The number of nitrogens with one attached hydrogen (secondary N) is 2. The van der Waals surface area contributed by atoms with Crippen molar-refractivity contribution >= 4 is 21.8 Å². The predicted molar refractivity (Wildman–Crippen MR) is 80.8 cm³/mol. The zero-order valence-electron chi connectivity index (χ0n) is 11.5. The topological polar surface area (TPSA) is 50.4 Å². The summed E-state index contributed by atoms with van der Waals surface area (Å²) >= 11 is 3.52. The Morgan fingerprint density at radius 3 is 3.15 bits per heavy atom. The van der Waals surface area contributed by atoms with Gasteiger partial charge in [-0.05, 0) is 36.6 Å². The second-order valence-corrected chi connectivity index (χ2v) is 6.48. The normalized spacial score (nSPS) is 24.3. The van der Waals surface area contributed by atoms with E-state index >= 15 is 0 Å². The Kier molecular flexibility index (Phi) is 3.98. The van der Waals surface area contributed by atoms with Gasteiger partial charge >= 0.3 is 0 Å². The van der Waals surface area contributed by atoms with E-state index in [0.717, 1.165) is 41.8 Å². The molecule has 0 bridgehead atoms. The van der Waals surface area contributed by atoms with Crippen molar-refractivity contribution in [2.75, 3.05) is 13.2 Å². The highest BCUT2D eigenvalue weighted by Gasteiger charge is 2.29. The predicted octanol–water partition coefficient (Wildman–Crippen LogP) is 2.00. The molecule has 5 heteroatoms. The summed E-state index contributed by atoms with van der Waals surface area (Å²) in [6.45, 7) is 4.29. The van der Waals surface area contributed by atoms with Crippen LogP contribution in [0.3, 0.4) is 0 Å². The molecule has 0 radical (unpaired) electrons. The van der Waals surface area contributed by atoms with E-state index in [9.17, 15) is 4.79 Å². The molecule has 0 aromatic heterocycles. The second-order valence-electron chi connectivity index (χ2n) is 5.57. The molecule has 2 aliphatic rings. The maximum absolute atomic E-state index is 12.2. The summed E-state index contributed by atoms with van der Waals surface area (Å²) in [6.07, 6.45) is 2.00. The first-order valence-electron chi connectivity index (χ1n) is 7.10. The van der Waals surface area contributed by atoms with Crippen molar-refractivity contribution < 1.29 is 9.53 Å². The molecule has 0 spiro atoms. The monoisotopic (exact) mass is 338 g/mol. The third-order valence-electron chi connectivity index (χ3n) is 4.09. The Bertz CT molecular complexity index is 533. The summed E-state index contributed by atoms with van der Waals surface area (Å²) in [7, 11) is 0. The van der Waals surface area contributed by atoms with Gasteiger partial charge in [0.05, 0.1) is 12.6 Å². The molecule has 2 heterocycles. The number of benzene rings is 1. The Labute approximate surface area is 127 Å². The lowest BCUT2D eigenvalue weighted by atomic mass is 10.0. The van der Waals surface area contributed by atoms with Crippen molar-refractivity contribution in [2.45, 2.75) is 32.4 Å². The van der Waals surface area contributed by atoms with Crippen LogP contribution in [0.25, 0.3) is 0 Å². The molecule has 0 aliphatic carbocycles. The maximum Gasteiger partial charge on any atom is 0.237 e. The van der Waals surface area contributed by atoms with Gasteiger partial charge in [0.1, 0.15) is 5.75 Å². The first-order valence-corrected chi connectivity index (χ1v) is 7.89. The van der Waals surface area contributed by atoms with Crippen molar-refractivity contribution in [3.63, 3.8) is 0 Å². The van der Waals surface area contributed by atoms with Gasteiger partial charge in [-0.25, -0.2) is 0 Å². The molecule has 2 atom stereocenters. The van der Waals surface area contributed by atoms with Gasteiger partial charge in [0.25, 0.3) is 0 Å². The van der Waals surface area contributed by atoms with E-state index in [4.69, 9.17) is 4.74 Å². The summed E-state index contributed by atoms with van der Waals surface area (Å²) in [4.78, 5) is 12.2. The van der Waals surface area contributed by atoms with E-state index in [1.165, 1.54) is 5.56 Å². The lowest BCUT2D eigenvalue weighted by Crippen LogP contribution is -2.42. The molecule has 1 amide bonds. The number of halogens is 1. The number of fused-ring (bicyclic) bond motifs is 1. The van der Waals surface area contributed by atoms with Crippen LogP contribution in [0.4, 0.5) is 0 Å². The molecule has 2 N–H and O–H groups in total. The minimum atomic E-state index is -0.0591. The number of carbonyl (C=O) groups excluding carboxylic acids is 1. The van der Waals surface area contributed by atoms with Crippen molar-refractivity contribution in [2.24, 2.45) is 5.92 Å². The summed E-state index contributed by atoms with van der Waals surface area (Å²) < 4.78 is 6.72. The highest BCUT2D eigenvalue weighted by Crippen LogP contribution is 2.32. The number of ether oxygens (including phenoxy) is 1. The highest BCUT2D eigenvalue weighted by molar-refractivity contribution is 9.10. The van der Waals surface area contributed by atoms with Gasteiger partial charge in [-0.15, -0.1) is 0 Å². The molecule has 1 saturated heterocycles. The van der Waals surface area contributed by atoms with E-state index in [1.807, 2.05) is 6.07 Å². The van der Waals surface area contributed by atoms with Crippen molar-refractivity contribution in [3.8, 4) is 5.75 Å². The van der Waals surface area contributed by atoms with Crippen LogP contribution in [-0.2, 0) is 17.8 Å². The molecule has 3 rings (SSSR count). The number of rotatable bonds is 3. The number of carbonyl (C=O) groups is 1. The van der Waals surface area contributed by atoms with Crippen LogP contribution in [0.15, 0.2) is 16.6 Å². The van der Waals surface area contributed by atoms with Crippen LogP contribution < -0.4 is 15.4 Å². The van der Waals surface area contributed by atoms with Gasteiger partial charge in [-0.1, -0.05) is 22.9 Å². The lowest BCUT2D eigenvalue weighted by Gasteiger charge is -2.16. The van der Waals surface area contributed by atoms with Crippen LogP contribution in [-0.4, -0.2) is 25.1 Å². The summed E-state index contributed by atoms with van der Waals surface area (Å²) in [5.74, 6) is 1.43. The fourth-order valence-electron chi connectivity index (χ4n) is 2.96. The molecule has 0 saturated carbocycles. The van der Waals surface area contributed by atoms with E-state index < -0.39 is 0 Å². The Hall–Kier alpha value is -1.07. The summed E-state index contributed by atoms with van der Waals surface area (Å²) in [5.41, 5.74) is 2.27. The fraction of sp³-hybridized carbons (Fsp3) is 0.533. The van der Waals surface area contributed by atoms with E-state index in [2.05, 4.69) is 39.6 Å². The molecule has 1 aromatic rings. The van der Waals surface area contributed by atoms with Gasteiger partial charge < -0.3 is 15.4 Å². The van der Waals surface area contributed by atoms with Gasteiger partial charge in [0, 0.05) is 23.0 Å².